The summed E-state index contributed by atoms with van der Waals surface area (Å²) in [7, 11) is -9.03. The molecule has 0 aliphatic heterocycles. The molecule has 260 valence electrons. The second-order valence-electron chi connectivity index (χ2n) is 11.3. The van der Waals surface area contributed by atoms with Gasteiger partial charge in [-0.05, 0) is 97.5 Å². The molecule has 0 aliphatic rings. The van der Waals surface area contributed by atoms with Crippen molar-refractivity contribution in [3.05, 3.63) is 96.1 Å². The van der Waals surface area contributed by atoms with Crippen LogP contribution in [0.3, 0.4) is 0 Å². The van der Waals surface area contributed by atoms with E-state index in [0.717, 1.165) is 68.9 Å². The molecule has 4 aromatic rings. The minimum Gasteiger partial charge on any atom is -0.872 e. The molecule has 0 fully saturated rings. The van der Waals surface area contributed by atoms with Crippen LogP contribution in [0.1, 0.15) is 76.3 Å². The fraction of sp³-hybridized carbons (Fsp3) is 0.333. The molecule has 4 rings (SSSR count). The SMILES string of the molecule is CCCCCCc1ccc(S(=O)(=O)O)c(Oc2ccc(O)cc2)c1.CCCCCCc1ccc(S(=O)(=O)[O-])c(Oc2ccc([O-])cc2)c1.[Ca+2]. The third-order valence-corrected chi connectivity index (χ3v) is 9.09. The van der Waals surface area contributed by atoms with Gasteiger partial charge in [0.05, 0.1) is 4.90 Å². The Kier molecular flexibility index (Phi) is 17.9. The van der Waals surface area contributed by atoms with Crippen molar-refractivity contribution in [2.75, 3.05) is 0 Å². The Morgan fingerprint density at radius 1 is 0.612 bits per heavy atom. The molecule has 49 heavy (non-hydrogen) atoms. The summed E-state index contributed by atoms with van der Waals surface area (Å²) in [4.78, 5) is -0.668. The van der Waals surface area contributed by atoms with Crippen molar-refractivity contribution in [3.8, 4) is 34.5 Å². The smallest absolute Gasteiger partial charge is 0.872 e. The summed E-state index contributed by atoms with van der Waals surface area (Å²) in [5.74, 6) is 0.669. The summed E-state index contributed by atoms with van der Waals surface area (Å²) in [5, 5.41) is 20.4. The number of phenolic OH excluding ortho intramolecular Hbond substituents is 1. The van der Waals surface area contributed by atoms with Crippen LogP contribution < -0.4 is 14.6 Å². The number of ether oxygens (including phenoxy) is 2. The molecule has 13 heteroatoms. The molecule has 0 radical (unpaired) electrons. The van der Waals surface area contributed by atoms with Gasteiger partial charge in [0, 0.05) is 0 Å². The summed E-state index contributed by atoms with van der Waals surface area (Å²) in [6, 6.07) is 20.7. The maximum absolute atomic E-state index is 11.5. The fourth-order valence-electron chi connectivity index (χ4n) is 4.78. The predicted molar refractivity (Wildman–Crippen MR) is 186 cm³/mol. The van der Waals surface area contributed by atoms with E-state index >= 15 is 0 Å². The Morgan fingerprint density at radius 3 is 1.47 bits per heavy atom. The van der Waals surface area contributed by atoms with Crippen LogP contribution in [0.4, 0.5) is 0 Å². The third-order valence-electron chi connectivity index (χ3n) is 7.32. The maximum atomic E-state index is 11.5. The number of hydrogen-bond donors (Lipinski definition) is 2. The van der Waals surface area contributed by atoms with Gasteiger partial charge in [-0.15, -0.1) is 5.75 Å². The zero-order valence-corrected chi connectivity index (χ0v) is 31.7. The van der Waals surface area contributed by atoms with Crippen molar-refractivity contribution < 1.29 is 45.6 Å². The van der Waals surface area contributed by atoms with Crippen LogP contribution in [0.15, 0.2) is 94.7 Å². The standard InChI is InChI=1S/2C18H22O5S.Ca/c2*1-2-3-4-5-6-14-7-12-18(24(20,21)22)17(13-14)23-16-10-8-15(19)9-11-16;/h2*7-13,19H,2-6H2,1H3,(H,20,21,22);/q;;+2/p-2. The van der Waals surface area contributed by atoms with Crippen LogP contribution >= 0.6 is 0 Å². The van der Waals surface area contributed by atoms with E-state index in [2.05, 4.69) is 13.8 Å². The molecule has 0 unspecified atom stereocenters. The molecule has 0 aromatic heterocycles. The normalized spacial score (nSPS) is 11.2. The number of aryl methyl sites for hydroxylation is 2. The quantitative estimate of drug-likeness (QED) is 0.0657. The van der Waals surface area contributed by atoms with Crippen LogP contribution in [0.5, 0.6) is 34.5 Å². The fourth-order valence-corrected chi connectivity index (χ4v) is 5.96. The topological polar surface area (TPSA) is 173 Å². The van der Waals surface area contributed by atoms with Gasteiger partial charge >= 0.3 is 37.7 Å². The molecule has 0 heterocycles. The minimum absolute atomic E-state index is 0. The molecule has 0 saturated carbocycles. The molecular weight excluding hydrogens is 697 g/mol. The third kappa shape index (κ3) is 14.9. The number of hydrogen-bond acceptors (Lipinski definition) is 9. The van der Waals surface area contributed by atoms with Gasteiger partial charge in [0.15, 0.2) is 0 Å². The average Bonchev–Trinajstić information content (AvgIpc) is 3.03. The monoisotopic (exact) mass is 738 g/mol. The van der Waals surface area contributed by atoms with Crippen LogP contribution in [-0.2, 0) is 33.1 Å². The largest absolute Gasteiger partial charge is 2.00 e. The Morgan fingerprint density at radius 2 is 1.04 bits per heavy atom. The molecule has 0 aliphatic carbocycles. The number of aromatic hydroxyl groups is 1. The Hall–Kier alpha value is -2.84. The molecule has 0 amide bonds. The van der Waals surface area contributed by atoms with E-state index in [4.69, 9.17) is 9.47 Å². The molecule has 10 nitrogen and oxygen atoms in total. The van der Waals surface area contributed by atoms with Gasteiger partial charge in [-0.25, -0.2) is 8.42 Å². The van der Waals surface area contributed by atoms with E-state index in [-0.39, 0.29) is 65.6 Å². The number of benzene rings is 4. The van der Waals surface area contributed by atoms with Crippen LogP contribution in [0.2, 0.25) is 0 Å². The van der Waals surface area contributed by atoms with Crippen molar-refractivity contribution in [1.82, 2.24) is 0 Å². The van der Waals surface area contributed by atoms with Crippen LogP contribution in [0, 0.1) is 0 Å². The first-order valence-corrected chi connectivity index (χ1v) is 18.8. The van der Waals surface area contributed by atoms with E-state index < -0.39 is 25.1 Å². The van der Waals surface area contributed by atoms with Crippen LogP contribution in [0.25, 0.3) is 0 Å². The van der Waals surface area contributed by atoms with Gasteiger partial charge in [0.1, 0.15) is 43.8 Å². The summed E-state index contributed by atoms with van der Waals surface area (Å²) >= 11 is 0. The summed E-state index contributed by atoms with van der Waals surface area (Å²) < 4.78 is 77.9. The van der Waals surface area contributed by atoms with Gasteiger partial charge in [0.25, 0.3) is 10.1 Å². The molecule has 0 saturated heterocycles. The van der Waals surface area contributed by atoms with Crippen molar-refractivity contribution >= 4 is 58.0 Å². The Balaban J connectivity index is 0.000000333. The first-order valence-electron chi connectivity index (χ1n) is 15.9. The van der Waals surface area contributed by atoms with Gasteiger partial charge in [-0.1, -0.05) is 76.6 Å². The summed E-state index contributed by atoms with van der Waals surface area (Å²) in [6.07, 6.45) is 10.4. The molecular formula is C36H42CaO10S2. The Labute approximate surface area is 319 Å². The summed E-state index contributed by atoms with van der Waals surface area (Å²) in [6.45, 7) is 4.28. The van der Waals surface area contributed by atoms with Crippen molar-refractivity contribution in [1.29, 1.82) is 0 Å². The van der Waals surface area contributed by atoms with Crippen LogP contribution in [-0.4, -0.2) is 68.8 Å². The number of unbranched alkanes of at least 4 members (excludes halogenated alkanes) is 6. The number of phenols is 1. The molecule has 4 aromatic carbocycles. The van der Waals surface area contributed by atoms with E-state index in [1.165, 1.54) is 67.1 Å². The Bertz CT molecular complexity index is 1680. The predicted octanol–water partition coefficient (Wildman–Crippen LogP) is 7.75. The molecule has 2 N–H and O–H groups in total. The van der Waals surface area contributed by atoms with E-state index in [1.54, 1.807) is 24.3 Å². The van der Waals surface area contributed by atoms with Gasteiger partial charge in [-0.2, -0.15) is 8.42 Å². The van der Waals surface area contributed by atoms with E-state index in [9.17, 15) is 36.2 Å². The zero-order chi connectivity index (χ0) is 35.2. The minimum atomic E-state index is -4.64. The molecule has 0 bridgehead atoms. The van der Waals surface area contributed by atoms with Gasteiger partial charge < -0.3 is 24.2 Å². The second-order valence-corrected chi connectivity index (χ2v) is 14.0. The average molecular weight is 739 g/mol. The second kappa shape index (κ2) is 20.7. The first-order chi connectivity index (χ1) is 22.8. The maximum Gasteiger partial charge on any atom is 2.00 e. The van der Waals surface area contributed by atoms with Gasteiger partial charge in [0.2, 0.25) is 0 Å². The van der Waals surface area contributed by atoms with E-state index in [0.29, 0.717) is 11.5 Å². The van der Waals surface area contributed by atoms with Gasteiger partial charge in [-0.3, -0.25) is 4.55 Å². The number of rotatable bonds is 16. The summed E-state index contributed by atoms with van der Waals surface area (Å²) in [5.41, 5.74) is 1.86. The van der Waals surface area contributed by atoms with Crippen molar-refractivity contribution in [3.63, 3.8) is 0 Å². The molecule has 0 atom stereocenters. The van der Waals surface area contributed by atoms with Crippen molar-refractivity contribution in [2.24, 2.45) is 0 Å². The molecule has 0 spiro atoms. The zero-order valence-electron chi connectivity index (χ0n) is 27.8. The van der Waals surface area contributed by atoms with Crippen molar-refractivity contribution in [2.45, 2.75) is 87.8 Å². The van der Waals surface area contributed by atoms with E-state index in [1.807, 2.05) is 0 Å². The first kappa shape index (κ1) is 42.3.